The molecule has 1 aromatic rings. The van der Waals surface area contributed by atoms with Gasteiger partial charge >= 0.3 is 0 Å². The normalized spacial score (nSPS) is 18.7. The zero-order chi connectivity index (χ0) is 16.7. The van der Waals surface area contributed by atoms with E-state index in [1.807, 2.05) is 0 Å². The van der Waals surface area contributed by atoms with Gasteiger partial charge in [0.25, 0.3) is 5.91 Å². The van der Waals surface area contributed by atoms with Crippen LogP contribution in [-0.2, 0) is 4.79 Å². The molecular weight excluding hydrogens is 363 g/mol. The lowest BCUT2D eigenvalue weighted by Crippen LogP contribution is -2.39. The molecule has 0 saturated carbocycles. The number of benzene rings is 1. The summed E-state index contributed by atoms with van der Waals surface area (Å²) in [7, 11) is 0. The van der Waals surface area contributed by atoms with Gasteiger partial charge in [0.05, 0.1) is 0 Å². The molecule has 23 heavy (non-hydrogen) atoms. The number of nitrogens with one attached hydrogen (secondary N) is 1. The molecule has 0 bridgehead atoms. The lowest BCUT2D eigenvalue weighted by molar-refractivity contribution is -0.123. The van der Waals surface area contributed by atoms with Crippen molar-refractivity contribution in [2.75, 3.05) is 26.2 Å². The highest BCUT2D eigenvalue weighted by molar-refractivity contribution is 9.10. The van der Waals surface area contributed by atoms with Crippen LogP contribution in [0.5, 0.6) is 5.75 Å². The van der Waals surface area contributed by atoms with Gasteiger partial charge in [-0.3, -0.25) is 4.79 Å². The zero-order valence-corrected chi connectivity index (χ0v) is 15.1. The highest BCUT2D eigenvalue weighted by atomic mass is 79.9. The van der Waals surface area contributed by atoms with Gasteiger partial charge in [0.1, 0.15) is 0 Å². The fourth-order valence-electron chi connectivity index (χ4n) is 2.79. The van der Waals surface area contributed by atoms with Crippen LogP contribution in [0.15, 0.2) is 22.7 Å². The van der Waals surface area contributed by atoms with Crippen molar-refractivity contribution in [1.29, 1.82) is 0 Å². The SMILES string of the molecule is CC1CCCCN1CCCNC(=O)COc1ccc(Br)cc1F. The van der Waals surface area contributed by atoms with E-state index in [4.69, 9.17) is 4.74 Å². The first-order valence-electron chi connectivity index (χ1n) is 8.15. The fraction of sp³-hybridized carbons (Fsp3) is 0.588. The molecule has 6 heteroatoms. The molecule has 1 saturated heterocycles. The summed E-state index contributed by atoms with van der Waals surface area (Å²) in [5.41, 5.74) is 0. The minimum absolute atomic E-state index is 0.0884. The topological polar surface area (TPSA) is 41.6 Å². The van der Waals surface area contributed by atoms with Crippen LogP contribution in [0.4, 0.5) is 4.39 Å². The molecule has 1 aliphatic rings. The molecule has 128 valence electrons. The molecule has 1 amide bonds. The highest BCUT2D eigenvalue weighted by Gasteiger charge is 2.17. The average molecular weight is 387 g/mol. The summed E-state index contributed by atoms with van der Waals surface area (Å²) in [5.74, 6) is -0.615. The van der Waals surface area contributed by atoms with Gasteiger partial charge in [-0.05, 0) is 50.9 Å². The number of piperidine rings is 1. The van der Waals surface area contributed by atoms with Gasteiger partial charge in [0.2, 0.25) is 0 Å². The number of hydrogen-bond donors (Lipinski definition) is 1. The fourth-order valence-corrected chi connectivity index (χ4v) is 3.12. The highest BCUT2D eigenvalue weighted by Crippen LogP contribution is 2.21. The number of carbonyl (C=O) groups excluding carboxylic acids is 1. The third kappa shape index (κ3) is 6.11. The minimum Gasteiger partial charge on any atom is -0.481 e. The van der Waals surface area contributed by atoms with Gasteiger partial charge < -0.3 is 15.0 Å². The smallest absolute Gasteiger partial charge is 0.257 e. The van der Waals surface area contributed by atoms with Crippen LogP contribution < -0.4 is 10.1 Å². The maximum absolute atomic E-state index is 13.6. The molecule has 1 aromatic carbocycles. The van der Waals surface area contributed by atoms with Crippen LogP contribution in [0, 0.1) is 5.82 Å². The van der Waals surface area contributed by atoms with E-state index < -0.39 is 5.82 Å². The Kier molecular flexibility index (Phi) is 7.30. The summed E-state index contributed by atoms with van der Waals surface area (Å²) >= 11 is 3.18. The number of ether oxygens (including phenoxy) is 1. The average Bonchev–Trinajstić information content (AvgIpc) is 2.52. The molecule has 1 heterocycles. The van der Waals surface area contributed by atoms with Crippen molar-refractivity contribution in [3.63, 3.8) is 0 Å². The predicted octanol–water partition coefficient (Wildman–Crippen LogP) is 3.35. The summed E-state index contributed by atoms with van der Waals surface area (Å²) in [6.07, 6.45) is 4.77. The molecule has 4 nitrogen and oxygen atoms in total. The van der Waals surface area contributed by atoms with Crippen molar-refractivity contribution < 1.29 is 13.9 Å². The summed E-state index contributed by atoms with van der Waals surface area (Å²) < 4.78 is 19.4. The van der Waals surface area contributed by atoms with E-state index in [2.05, 4.69) is 33.1 Å². The quantitative estimate of drug-likeness (QED) is 0.730. The molecule has 0 aromatic heterocycles. The Labute approximate surface area is 145 Å². The molecule has 1 unspecified atom stereocenters. The third-order valence-electron chi connectivity index (χ3n) is 4.14. The van der Waals surface area contributed by atoms with Gasteiger partial charge in [-0.15, -0.1) is 0 Å². The van der Waals surface area contributed by atoms with Crippen LogP contribution in [0.3, 0.4) is 0 Å². The summed E-state index contributed by atoms with van der Waals surface area (Å²) in [4.78, 5) is 14.2. The lowest BCUT2D eigenvalue weighted by Gasteiger charge is -2.33. The van der Waals surface area contributed by atoms with Crippen LogP contribution in [-0.4, -0.2) is 43.1 Å². The number of carbonyl (C=O) groups is 1. The number of likely N-dealkylation sites (tertiary alicyclic amines) is 1. The minimum atomic E-state index is -0.480. The molecule has 0 spiro atoms. The number of halogens is 2. The van der Waals surface area contributed by atoms with E-state index in [-0.39, 0.29) is 18.3 Å². The van der Waals surface area contributed by atoms with Gasteiger partial charge in [-0.1, -0.05) is 22.4 Å². The Balaban J connectivity index is 1.61. The zero-order valence-electron chi connectivity index (χ0n) is 13.5. The van der Waals surface area contributed by atoms with Gasteiger partial charge in [0, 0.05) is 23.6 Å². The van der Waals surface area contributed by atoms with Gasteiger partial charge in [0.15, 0.2) is 18.2 Å². The monoisotopic (exact) mass is 386 g/mol. The Morgan fingerprint density at radius 1 is 1.48 bits per heavy atom. The molecular formula is C17H24BrFN2O2. The van der Waals surface area contributed by atoms with Gasteiger partial charge in [-0.2, -0.15) is 0 Å². The second kappa shape index (κ2) is 9.23. The third-order valence-corrected chi connectivity index (χ3v) is 4.63. The summed E-state index contributed by atoms with van der Waals surface area (Å²) in [6, 6.07) is 5.14. The molecule has 1 N–H and O–H groups in total. The Bertz CT molecular complexity index is 527. The first kappa shape index (κ1) is 18.2. The van der Waals surface area contributed by atoms with Gasteiger partial charge in [-0.25, -0.2) is 4.39 Å². The molecule has 0 radical (unpaired) electrons. The lowest BCUT2D eigenvalue weighted by atomic mass is 10.0. The van der Waals surface area contributed by atoms with Crippen LogP contribution in [0.25, 0.3) is 0 Å². The van der Waals surface area contributed by atoms with Crippen molar-refractivity contribution in [1.82, 2.24) is 10.2 Å². The first-order valence-corrected chi connectivity index (χ1v) is 8.94. The Morgan fingerprint density at radius 3 is 3.04 bits per heavy atom. The predicted molar refractivity (Wildman–Crippen MR) is 92.1 cm³/mol. The molecule has 1 fully saturated rings. The maximum Gasteiger partial charge on any atom is 0.257 e. The van der Waals surface area contributed by atoms with E-state index in [1.165, 1.54) is 31.4 Å². The van der Waals surface area contributed by atoms with E-state index in [9.17, 15) is 9.18 Å². The van der Waals surface area contributed by atoms with Crippen LogP contribution in [0.2, 0.25) is 0 Å². The first-order chi connectivity index (χ1) is 11.1. The number of hydrogen-bond acceptors (Lipinski definition) is 3. The van der Waals surface area contributed by atoms with Crippen LogP contribution >= 0.6 is 15.9 Å². The van der Waals surface area contributed by atoms with Crippen molar-refractivity contribution in [3.8, 4) is 5.75 Å². The maximum atomic E-state index is 13.6. The largest absolute Gasteiger partial charge is 0.481 e. The Hall–Kier alpha value is -1.14. The standard InChI is InChI=1S/C17H24BrFN2O2/c1-13-5-2-3-9-21(13)10-4-8-20-17(22)12-23-16-7-6-14(18)11-15(16)19/h6-7,11,13H,2-5,8-10,12H2,1H3,(H,20,22). The van der Waals surface area contributed by atoms with E-state index in [0.717, 1.165) is 19.5 Å². The molecule has 2 rings (SSSR count). The molecule has 1 aliphatic heterocycles. The van der Waals surface area contributed by atoms with E-state index in [1.54, 1.807) is 6.07 Å². The molecule has 0 aliphatic carbocycles. The second-order valence-corrected chi connectivity index (χ2v) is 6.86. The second-order valence-electron chi connectivity index (χ2n) is 5.95. The van der Waals surface area contributed by atoms with E-state index in [0.29, 0.717) is 17.1 Å². The van der Waals surface area contributed by atoms with Crippen LogP contribution in [0.1, 0.15) is 32.6 Å². The Morgan fingerprint density at radius 2 is 2.30 bits per heavy atom. The van der Waals surface area contributed by atoms with Crippen molar-refractivity contribution >= 4 is 21.8 Å². The summed E-state index contributed by atoms with van der Waals surface area (Å²) in [5, 5.41) is 2.82. The number of amides is 1. The molecule has 1 atom stereocenters. The van der Waals surface area contributed by atoms with E-state index >= 15 is 0 Å². The van der Waals surface area contributed by atoms with Crippen molar-refractivity contribution in [2.24, 2.45) is 0 Å². The number of rotatable bonds is 7. The van der Waals surface area contributed by atoms with Crippen molar-refractivity contribution in [2.45, 2.75) is 38.6 Å². The number of nitrogens with zero attached hydrogens (tertiary/aromatic N) is 1. The summed E-state index contributed by atoms with van der Waals surface area (Å²) in [6.45, 7) is 4.87. The van der Waals surface area contributed by atoms with Crippen molar-refractivity contribution in [3.05, 3.63) is 28.5 Å².